The molecule has 0 spiro atoms. The second-order valence-corrected chi connectivity index (χ2v) is 4.58. The fraction of sp³-hybridized carbons (Fsp3) is 0.250. The number of hydroxylamine groups is 2. The number of benzene rings is 1. The highest BCUT2D eigenvalue weighted by Gasteiger charge is 2.22. The number of hydrogen-bond donors (Lipinski definition) is 1. The summed E-state index contributed by atoms with van der Waals surface area (Å²) in [6, 6.07) is 4.73. The number of amides is 1. The van der Waals surface area contributed by atoms with E-state index in [4.69, 9.17) is 33.1 Å². The Morgan fingerprint density at radius 1 is 1.25 bits per heavy atom. The smallest absolute Gasteiger partial charge is 0.372 e. The number of nitrogens with zero attached hydrogens (tertiary/aromatic N) is 1. The summed E-state index contributed by atoms with van der Waals surface area (Å²) in [6.07, 6.45) is -0.773. The van der Waals surface area contributed by atoms with Crippen molar-refractivity contribution in [2.75, 3.05) is 7.11 Å². The van der Waals surface area contributed by atoms with Crippen molar-refractivity contribution in [3.63, 3.8) is 0 Å². The second kappa shape index (κ2) is 7.23. The van der Waals surface area contributed by atoms with Crippen molar-refractivity contribution in [1.82, 2.24) is 5.06 Å². The highest BCUT2D eigenvalue weighted by molar-refractivity contribution is 6.42. The molecule has 0 saturated heterocycles. The summed E-state index contributed by atoms with van der Waals surface area (Å²) in [6.45, 7) is 0.0130. The van der Waals surface area contributed by atoms with Gasteiger partial charge in [-0.25, -0.2) is 9.86 Å². The number of rotatable bonds is 6. The molecule has 0 aliphatic carbocycles. The van der Waals surface area contributed by atoms with Gasteiger partial charge >= 0.3 is 5.97 Å². The number of carbonyl (C=O) groups excluding carboxylic acids is 2. The summed E-state index contributed by atoms with van der Waals surface area (Å²) in [7, 11) is 1.24. The SMILES string of the molecule is CON(Cc1ccc(Cl)c(Cl)c1)C(=O)CC(=O)C(=O)O. The van der Waals surface area contributed by atoms with E-state index in [0.29, 0.717) is 15.6 Å². The molecule has 0 aliphatic rings. The molecule has 0 bridgehead atoms. The lowest BCUT2D eigenvalue weighted by molar-refractivity contribution is -0.180. The quantitative estimate of drug-likeness (QED) is 0.492. The van der Waals surface area contributed by atoms with Crippen LogP contribution in [0.15, 0.2) is 18.2 Å². The van der Waals surface area contributed by atoms with E-state index < -0.39 is 24.1 Å². The maximum Gasteiger partial charge on any atom is 0.372 e. The van der Waals surface area contributed by atoms with Crippen LogP contribution in [0.5, 0.6) is 0 Å². The number of hydrogen-bond acceptors (Lipinski definition) is 4. The van der Waals surface area contributed by atoms with Crippen molar-refractivity contribution in [1.29, 1.82) is 0 Å². The van der Waals surface area contributed by atoms with Gasteiger partial charge in [-0.05, 0) is 17.7 Å². The Bertz CT molecular complexity index is 547. The van der Waals surface area contributed by atoms with Crippen LogP contribution in [0, 0.1) is 0 Å². The van der Waals surface area contributed by atoms with E-state index in [9.17, 15) is 14.4 Å². The third-order valence-corrected chi connectivity index (χ3v) is 3.10. The molecule has 8 heteroatoms. The Morgan fingerprint density at radius 2 is 1.90 bits per heavy atom. The largest absolute Gasteiger partial charge is 0.475 e. The molecule has 0 atom stereocenters. The van der Waals surface area contributed by atoms with Gasteiger partial charge in [-0.15, -0.1) is 0 Å². The van der Waals surface area contributed by atoms with E-state index >= 15 is 0 Å². The molecule has 0 aromatic heterocycles. The van der Waals surface area contributed by atoms with E-state index in [2.05, 4.69) is 0 Å². The highest BCUT2D eigenvalue weighted by Crippen LogP contribution is 2.23. The van der Waals surface area contributed by atoms with Crippen LogP contribution < -0.4 is 0 Å². The molecule has 108 valence electrons. The standard InChI is InChI=1S/C12H11Cl2NO5/c1-20-15(11(17)5-10(16)12(18)19)6-7-2-3-8(13)9(14)4-7/h2-4H,5-6H2,1H3,(H,18,19). The topological polar surface area (TPSA) is 83.9 Å². The molecule has 1 aromatic rings. The minimum absolute atomic E-state index is 0.0130. The van der Waals surface area contributed by atoms with Gasteiger partial charge in [-0.2, -0.15) is 0 Å². The molecule has 0 saturated carbocycles. The zero-order valence-electron chi connectivity index (χ0n) is 10.4. The van der Waals surface area contributed by atoms with Gasteiger partial charge in [0, 0.05) is 0 Å². The van der Waals surface area contributed by atoms with Crippen LogP contribution in [0.2, 0.25) is 10.0 Å². The van der Waals surface area contributed by atoms with E-state index in [0.717, 1.165) is 5.06 Å². The molecule has 0 radical (unpaired) electrons. The Hall–Kier alpha value is -1.63. The van der Waals surface area contributed by atoms with Gasteiger partial charge in [-0.3, -0.25) is 14.4 Å². The number of carboxylic acid groups (broad SMARTS) is 1. The molecular weight excluding hydrogens is 309 g/mol. The molecule has 1 aromatic carbocycles. The number of Topliss-reactive ketones (excluding diaryl/α,β-unsaturated/α-hetero) is 1. The van der Waals surface area contributed by atoms with Gasteiger partial charge in [-0.1, -0.05) is 29.3 Å². The second-order valence-electron chi connectivity index (χ2n) is 3.77. The zero-order chi connectivity index (χ0) is 15.3. The van der Waals surface area contributed by atoms with E-state index in [1.54, 1.807) is 18.2 Å². The first-order valence-corrected chi connectivity index (χ1v) is 6.15. The highest BCUT2D eigenvalue weighted by atomic mass is 35.5. The van der Waals surface area contributed by atoms with Gasteiger partial charge in [0.05, 0.1) is 30.1 Å². The van der Waals surface area contributed by atoms with Gasteiger partial charge in [0.2, 0.25) is 5.78 Å². The summed E-state index contributed by atoms with van der Waals surface area (Å²) in [4.78, 5) is 37.9. The summed E-state index contributed by atoms with van der Waals surface area (Å²) < 4.78 is 0. The third-order valence-electron chi connectivity index (χ3n) is 2.36. The Labute approximate surface area is 124 Å². The van der Waals surface area contributed by atoms with Crippen molar-refractivity contribution < 1.29 is 24.3 Å². The van der Waals surface area contributed by atoms with Crippen LogP contribution in [0.4, 0.5) is 0 Å². The molecule has 20 heavy (non-hydrogen) atoms. The summed E-state index contributed by atoms with van der Waals surface area (Å²) >= 11 is 11.6. The minimum atomic E-state index is -1.66. The van der Waals surface area contributed by atoms with Crippen LogP contribution in [0.1, 0.15) is 12.0 Å². The Morgan fingerprint density at radius 3 is 2.40 bits per heavy atom. The summed E-state index contributed by atoms with van der Waals surface area (Å²) in [5.74, 6) is -3.62. The molecule has 0 aliphatic heterocycles. The van der Waals surface area contributed by atoms with Gasteiger partial charge in [0.1, 0.15) is 0 Å². The van der Waals surface area contributed by atoms with Crippen LogP contribution in [0.3, 0.4) is 0 Å². The van der Waals surface area contributed by atoms with Crippen molar-refractivity contribution in [2.24, 2.45) is 0 Å². The predicted octanol–water partition coefficient (Wildman–Crippen LogP) is 1.93. The van der Waals surface area contributed by atoms with Gasteiger partial charge in [0.25, 0.3) is 5.91 Å². The summed E-state index contributed by atoms with van der Waals surface area (Å²) in [5, 5.41) is 10.0. The molecule has 1 amide bonds. The molecular formula is C12H11Cl2NO5. The van der Waals surface area contributed by atoms with Crippen molar-refractivity contribution in [3.05, 3.63) is 33.8 Å². The maximum atomic E-state index is 11.7. The predicted molar refractivity (Wildman–Crippen MR) is 71.3 cm³/mol. The molecule has 1 N–H and O–H groups in total. The lowest BCUT2D eigenvalue weighted by Crippen LogP contribution is -2.32. The number of aliphatic carboxylic acids is 1. The van der Waals surface area contributed by atoms with Gasteiger partial charge < -0.3 is 5.11 Å². The molecule has 1 rings (SSSR count). The Balaban J connectivity index is 2.75. The zero-order valence-corrected chi connectivity index (χ0v) is 11.9. The lowest BCUT2D eigenvalue weighted by Gasteiger charge is -2.19. The first kappa shape index (κ1) is 16.4. The van der Waals surface area contributed by atoms with E-state index in [-0.39, 0.29) is 6.54 Å². The number of ketones is 1. The lowest BCUT2D eigenvalue weighted by atomic mass is 10.2. The minimum Gasteiger partial charge on any atom is -0.475 e. The number of carboxylic acids is 1. The molecule has 0 heterocycles. The van der Waals surface area contributed by atoms with Crippen molar-refractivity contribution in [3.8, 4) is 0 Å². The molecule has 0 fully saturated rings. The molecule has 0 unspecified atom stereocenters. The first-order valence-electron chi connectivity index (χ1n) is 5.39. The Kier molecular flexibility index (Phi) is 5.94. The number of carbonyl (C=O) groups is 3. The maximum absolute atomic E-state index is 11.7. The van der Waals surface area contributed by atoms with Gasteiger partial charge in [0.15, 0.2) is 0 Å². The average molecular weight is 320 g/mol. The summed E-state index contributed by atoms with van der Waals surface area (Å²) in [5.41, 5.74) is 0.623. The van der Waals surface area contributed by atoms with Crippen molar-refractivity contribution >= 4 is 40.9 Å². The normalized spacial score (nSPS) is 10.2. The van der Waals surface area contributed by atoms with Crippen LogP contribution in [-0.4, -0.2) is 34.9 Å². The first-order chi connectivity index (χ1) is 9.35. The molecule has 6 nitrogen and oxygen atoms in total. The number of halogens is 2. The van der Waals surface area contributed by atoms with Crippen LogP contribution in [-0.2, 0) is 25.8 Å². The van der Waals surface area contributed by atoms with E-state index in [1.165, 1.54) is 7.11 Å². The average Bonchev–Trinajstić information content (AvgIpc) is 2.39. The third kappa shape index (κ3) is 4.48. The van der Waals surface area contributed by atoms with Crippen LogP contribution >= 0.6 is 23.2 Å². The monoisotopic (exact) mass is 319 g/mol. The van der Waals surface area contributed by atoms with Crippen LogP contribution in [0.25, 0.3) is 0 Å². The fourth-order valence-electron chi connectivity index (χ4n) is 1.36. The van der Waals surface area contributed by atoms with E-state index in [1.807, 2.05) is 0 Å². The fourth-order valence-corrected chi connectivity index (χ4v) is 1.68. The van der Waals surface area contributed by atoms with Crippen molar-refractivity contribution in [2.45, 2.75) is 13.0 Å².